The first-order chi connectivity index (χ1) is 10.7. The summed E-state index contributed by atoms with van der Waals surface area (Å²) in [5.74, 6) is 1.31. The lowest BCUT2D eigenvalue weighted by atomic mass is 10.2. The smallest absolute Gasteiger partial charge is 0.224 e. The molecule has 22 heavy (non-hydrogen) atoms. The first kappa shape index (κ1) is 15.2. The Morgan fingerprint density at radius 1 is 1.27 bits per heavy atom. The van der Waals surface area contributed by atoms with E-state index < -0.39 is 0 Å². The second kappa shape index (κ2) is 6.58. The molecule has 2 aromatic rings. The van der Waals surface area contributed by atoms with Gasteiger partial charge < -0.3 is 15.7 Å². The molecule has 0 bridgehead atoms. The van der Waals surface area contributed by atoms with Gasteiger partial charge in [0.25, 0.3) is 0 Å². The number of aliphatic hydroxyl groups is 1. The Kier molecular flexibility index (Phi) is 4.54. The van der Waals surface area contributed by atoms with Gasteiger partial charge in [-0.05, 0) is 47.0 Å². The van der Waals surface area contributed by atoms with E-state index in [4.69, 9.17) is 5.11 Å². The number of rotatable bonds is 6. The third kappa shape index (κ3) is 3.72. The zero-order valence-electron chi connectivity index (χ0n) is 11.8. The van der Waals surface area contributed by atoms with Crippen LogP contribution in [0.3, 0.4) is 0 Å². The molecule has 1 aliphatic carbocycles. The van der Waals surface area contributed by atoms with Gasteiger partial charge in [0.1, 0.15) is 11.6 Å². The molecule has 0 radical (unpaired) electrons. The molecule has 116 valence electrons. The summed E-state index contributed by atoms with van der Waals surface area (Å²) in [5, 5.41) is 15.1. The van der Waals surface area contributed by atoms with Crippen molar-refractivity contribution >= 4 is 33.4 Å². The van der Waals surface area contributed by atoms with Gasteiger partial charge in [-0.3, -0.25) is 0 Å². The number of halogens is 2. The molecule has 0 saturated heterocycles. The van der Waals surface area contributed by atoms with Gasteiger partial charge in [-0.1, -0.05) is 0 Å². The summed E-state index contributed by atoms with van der Waals surface area (Å²) in [6.45, 7) is 0.414. The van der Waals surface area contributed by atoms with Crippen molar-refractivity contribution in [3.05, 3.63) is 40.2 Å². The molecule has 1 aliphatic rings. The van der Waals surface area contributed by atoms with E-state index in [1.54, 1.807) is 6.07 Å². The largest absolute Gasteiger partial charge is 0.395 e. The van der Waals surface area contributed by atoms with Crippen molar-refractivity contribution < 1.29 is 9.50 Å². The SMILES string of the molecule is OCCNc1nc(Nc2ccc(F)cc2Br)cc(C2CC2)n1. The predicted octanol–water partition coefficient (Wildman–Crippen LogP) is 3.40. The molecule has 0 unspecified atom stereocenters. The highest BCUT2D eigenvalue weighted by atomic mass is 79.9. The summed E-state index contributed by atoms with van der Waals surface area (Å²) in [5.41, 5.74) is 1.71. The van der Waals surface area contributed by atoms with Gasteiger partial charge in [-0.2, -0.15) is 4.98 Å². The van der Waals surface area contributed by atoms with Gasteiger partial charge in [-0.15, -0.1) is 0 Å². The zero-order chi connectivity index (χ0) is 15.5. The van der Waals surface area contributed by atoms with Crippen LogP contribution in [0.25, 0.3) is 0 Å². The molecule has 0 spiro atoms. The summed E-state index contributed by atoms with van der Waals surface area (Å²) in [4.78, 5) is 8.85. The van der Waals surface area contributed by atoms with Crippen molar-refractivity contribution in [2.24, 2.45) is 0 Å². The average molecular weight is 367 g/mol. The third-order valence-corrected chi connectivity index (χ3v) is 3.99. The molecule has 0 aliphatic heterocycles. The predicted molar refractivity (Wildman–Crippen MR) is 87.0 cm³/mol. The second-order valence-corrected chi connectivity index (χ2v) is 6.03. The molecule has 3 N–H and O–H groups in total. The van der Waals surface area contributed by atoms with Crippen LogP contribution in [0.15, 0.2) is 28.7 Å². The van der Waals surface area contributed by atoms with Gasteiger partial charge >= 0.3 is 0 Å². The minimum Gasteiger partial charge on any atom is -0.395 e. The molecule has 1 fully saturated rings. The topological polar surface area (TPSA) is 70.1 Å². The lowest BCUT2D eigenvalue weighted by Gasteiger charge is -2.11. The van der Waals surface area contributed by atoms with Crippen LogP contribution in [0.1, 0.15) is 24.5 Å². The average Bonchev–Trinajstić information content (AvgIpc) is 3.33. The molecule has 1 saturated carbocycles. The molecular weight excluding hydrogens is 351 g/mol. The van der Waals surface area contributed by atoms with Gasteiger partial charge in [0.05, 0.1) is 18.0 Å². The quantitative estimate of drug-likeness (QED) is 0.730. The van der Waals surface area contributed by atoms with Crippen LogP contribution in [-0.2, 0) is 0 Å². The maximum atomic E-state index is 13.2. The van der Waals surface area contributed by atoms with Crippen molar-refractivity contribution in [3.63, 3.8) is 0 Å². The Morgan fingerprint density at radius 3 is 2.77 bits per heavy atom. The highest BCUT2D eigenvalue weighted by Crippen LogP contribution is 2.40. The van der Waals surface area contributed by atoms with E-state index in [1.807, 2.05) is 6.07 Å². The molecule has 3 rings (SSSR count). The minimum absolute atomic E-state index is 0.0172. The standard InChI is InChI=1S/C15H16BrFN4O/c16-11-7-10(17)3-4-12(11)19-14-8-13(9-1-2-9)20-15(21-14)18-5-6-22/h3-4,7-9,22H,1-2,5-6H2,(H2,18,19,20,21). The Hall–Kier alpha value is -1.73. The number of benzene rings is 1. The van der Waals surface area contributed by atoms with Crippen molar-refractivity contribution in [3.8, 4) is 0 Å². The van der Waals surface area contributed by atoms with E-state index in [0.717, 1.165) is 24.2 Å². The lowest BCUT2D eigenvalue weighted by molar-refractivity contribution is 0.311. The number of nitrogens with zero attached hydrogens (tertiary/aromatic N) is 2. The number of hydrogen-bond donors (Lipinski definition) is 3. The summed E-state index contributed by atoms with van der Waals surface area (Å²) >= 11 is 3.33. The normalized spacial score (nSPS) is 14.0. The summed E-state index contributed by atoms with van der Waals surface area (Å²) in [6, 6.07) is 6.36. The fourth-order valence-corrected chi connectivity index (χ4v) is 2.54. The molecule has 5 nitrogen and oxygen atoms in total. The van der Waals surface area contributed by atoms with Crippen molar-refractivity contribution in [1.29, 1.82) is 0 Å². The van der Waals surface area contributed by atoms with Crippen LogP contribution in [0.2, 0.25) is 0 Å². The Bertz CT molecular complexity index is 679. The van der Waals surface area contributed by atoms with Crippen molar-refractivity contribution in [2.45, 2.75) is 18.8 Å². The van der Waals surface area contributed by atoms with E-state index in [2.05, 4.69) is 36.5 Å². The zero-order valence-corrected chi connectivity index (χ0v) is 13.4. The maximum Gasteiger partial charge on any atom is 0.224 e. The number of aliphatic hydroxyl groups excluding tert-OH is 1. The fraction of sp³-hybridized carbons (Fsp3) is 0.333. The molecule has 1 heterocycles. The van der Waals surface area contributed by atoms with E-state index in [9.17, 15) is 4.39 Å². The Labute approximate surface area is 136 Å². The van der Waals surface area contributed by atoms with Gasteiger partial charge in [0.15, 0.2) is 0 Å². The molecule has 7 heteroatoms. The first-order valence-corrected chi connectivity index (χ1v) is 7.91. The number of nitrogens with one attached hydrogen (secondary N) is 2. The lowest BCUT2D eigenvalue weighted by Crippen LogP contribution is -2.10. The monoisotopic (exact) mass is 366 g/mol. The van der Waals surface area contributed by atoms with E-state index >= 15 is 0 Å². The van der Waals surface area contributed by atoms with Crippen LogP contribution < -0.4 is 10.6 Å². The summed E-state index contributed by atoms with van der Waals surface area (Å²) in [6.07, 6.45) is 2.27. The van der Waals surface area contributed by atoms with Crippen LogP contribution in [-0.4, -0.2) is 28.2 Å². The van der Waals surface area contributed by atoms with Crippen LogP contribution in [0.5, 0.6) is 0 Å². The number of anilines is 3. The maximum absolute atomic E-state index is 13.2. The Morgan fingerprint density at radius 2 is 2.09 bits per heavy atom. The first-order valence-electron chi connectivity index (χ1n) is 7.11. The van der Waals surface area contributed by atoms with Crippen LogP contribution in [0, 0.1) is 5.82 Å². The summed E-state index contributed by atoms with van der Waals surface area (Å²) in [7, 11) is 0. The fourth-order valence-electron chi connectivity index (χ4n) is 2.09. The summed E-state index contributed by atoms with van der Waals surface area (Å²) < 4.78 is 13.8. The Balaban J connectivity index is 1.86. The number of aromatic nitrogens is 2. The van der Waals surface area contributed by atoms with Gasteiger partial charge in [-0.25, -0.2) is 9.37 Å². The molecule has 1 aromatic heterocycles. The van der Waals surface area contributed by atoms with Gasteiger partial charge in [0.2, 0.25) is 5.95 Å². The molecule has 1 aromatic carbocycles. The second-order valence-electron chi connectivity index (χ2n) is 5.18. The number of hydrogen-bond acceptors (Lipinski definition) is 5. The van der Waals surface area contributed by atoms with E-state index in [1.165, 1.54) is 12.1 Å². The third-order valence-electron chi connectivity index (χ3n) is 3.33. The van der Waals surface area contributed by atoms with Crippen molar-refractivity contribution in [1.82, 2.24) is 9.97 Å². The van der Waals surface area contributed by atoms with E-state index in [0.29, 0.717) is 28.7 Å². The molecule has 0 atom stereocenters. The molecule has 0 amide bonds. The van der Waals surface area contributed by atoms with E-state index in [-0.39, 0.29) is 12.4 Å². The van der Waals surface area contributed by atoms with Gasteiger partial charge in [0, 0.05) is 23.0 Å². The highest BCUT2D eigenvalue weighted by Gasteiger charge is 2.26. The van der Waals surface area contributed by atoms with Crippen molar-refractivity contribution in [2.75, 3.05) is 23.8 Å². The highest BCUT2D eigenvalue weighted by molar-refractivity contribution is 9.10. The molecular formula is C15H16BrFN4O. The minimum atomic E-state index is -0.302. The van der Waals surface area contributed by atoms with Crippen LogP contribution >= 0.6 is 15.9 Å². The van der Waals surface area contributed by atoms with Crippen LogP contribution in [0.4, 0.5) is 21.8 Å².